The second-order valence-corrected chi connectivity index (χ2v) is 6.34. The summed E-state index contributed by atoms with van der Waals surface area (Å²) in [6.45, 7) is 3.86. The zero-order chi connectivity index (χ0) is 14.5. The molecule has 0 spiro atoms. The molecule has 7 heteroatoms. The first-order chi connectivity index (χ1) is 9.60. The minimum absolute atomic E-state index is 0. The summed E-state index contributed by atoms with van der Waals surface area (Å²) in [6, 6.07) is 4.50. The van der Waals surface area contributed by atoms with Gasteiger partial charge >= 0.3 is 0 Å². The number of halogens is 3. The van der Waals surface area contributed by atoms with E-state index in [4.69, 9.17) is 4.74 Å². The van der Waals surface area contributed by atoms with Crippen LogP contribution < -0.4 is 10.1 Å². The monoisotopic (exact) mass is 437 g/mol. The number of nitrogens with zero attached hydrogens (tertiary/aromatic N) is 2. The summed E-state index contributed by atoms with van der Waals surface area (Å²) in [5.74, 6) is 0.820. The fourth-order valence-corrected chi connectivity index (χ4v) is 3.58. The second kappa shape index (κ2) is 8.78. The summed E-state index contributed by atoms with van der Waals surface area (Å²) in [6.07, 6.45) is 5.60. The van der Waals surface area contributed by atoms with Crippen LogP contribution in [0.15, 0.2) is 39.8 Å². The Hall–Kier alpha value is -0.560. The Kier molecular flexibility index (Phi) is 7.73. The number of ether oxygens (including phenoxy) is 1. The highest BCUT2D eigenvalue weighted by molar-refractivity contribution is 9.11. The quantitative estimate of drug-likeness (QED) is 0.739. The largest absolute Gasteiger partial charge is 0.494 e. The molecule has 1 atom stereocenters. The van der Waals surface area contributed by atoms with E-state index in [1.165, 1.54) is 5.56 Å². The van der Waals surface area contributed by atoms with Gasteiger partial charge in [0.25, 0.3) is 0 Å². The van der Waals surface area contributed by atoms with Crippen molar-refractivity contribution in [1.29, 1.82) is 0 Å². The Morgan fingerprint density at radius 3 is 2.52 bits per heavy atom. The fourth-order valence-electron chi connectivity index (χ4n) is 1.98. The van der Waals surface area contributed by atoms with Crippen molar-refractivity contribution < 1.29 is 4.74 Å². The maximum atomic E-state index is 5.30. The molecular weight excluding hydrogens is 421 g/mol. The second-order valence-electron chi connectivity index (χ2n) is 4.63. The predicted octanol–water partition coefficient (Wildman–Crippen LogP) is 4.02. The Bertz CT molecular complexity index is 540. The van der Waals surface area contributed by atoms with Crippen molar-refractivity contribution in [2.75, 3.05) is 7.11 Å². The van der Waals surface area contributed by atoms with E-state index in [1.807, 2.05) is 12.5 Å². The van der Waals surface area contributed by atoms with E-state index in [-0.39, 0.29) is 12.4 Å². The van der Waals surface area contributed by atoms with Crippen molar-refractivity contribution in [2.45, 2.75) is 26.1 Å². The van der Waals surface area contributed by atoms with Crippen LogP contribution in [0.1, 0.15) is 12.5 Å². The van der Waals surface area contributed by atoms with Crippen LogP contribution in [-0.2, 0) is 13.1 Å². The van der Waals surface area contributed by atoms with Gasteiger partial charge in [-0.05, 0) is 56.5 Å². The molecule has 0 saturated carbocycles. The lowest BCUT2D eigenvalue weighted by molar-refractivity contribution is 0.409. The van der Waals surface area contributed by atoms with Gasteiger partial charge in [-0.15, -0.1) is 12.4 Å². The third kappa shape index (κ3) is 5.29. The topological polar surface area (TPSA) is 39.1 Å². The SMILES string of the molecule is COc1c(Br)cc(CNC(C)Cn2ccnc2)cc1Br.Cl. The van der Waals surface area contributed by atoms with Crippen LogP contribution in [-0.4, -0.2) is 22.7 Å². The number of rotatable bonds is 6. The van der Waals surface area contributed by atoms with Gasteiger partial charge in [-0.1, -0.05) is 0 Å². The molecule has 2 rings (SSSR count). The van der Waals surface area contributed by atoms with Gasteiger partial charge < -0.3 is 14.6 Å². The molecule has 1 heterocycles. The minimum atomic E-state index is 0. The Morgan fingerprint density at radius 2 is 2.00 bits per heavy atom. The van der Waals surface area contributed by atoms with Crippen LogP contribution in [0.2, 0.25) is 0 Å². The molecule has 1 aromatic heterocycles. The van der Waals surface area contributed by atoms with Crippen molar-refractivity contribution in [1.82, 2.24) is 14.9 Å². The minimum Gasteiger partial charge on any atom is -0.494 e. The van der Waals surface area contributed by atoms with Gasteiger partial charge in [0.1, 0.15) is 5.75 Å². The molecule has 0 saturated heterocycles. The Balaban J connectivity index is 0.00000220. The van der Waals surface area contributed by atoms with Gasteiger partial charge in [-0.25, -0.2) is 4.98 Å². The lowest BCUT2D eigenvalue weighted by Crippen LogP contribution is -2.29. The molecule has 0 radical (unpaired) electrons. The molecule has 0 aliphatic rings. The molecule has 4 nitrogen and oxygen atoms in total. The number of aromatic nitrogens is 2. The number of hydrogen-bond acceptors (Lipinski definition) is 3. The first-order valence-electron chi connectivity index (χ1n) is 6.31. The summed E-state index contributed by atoms with van der Waals surface area (Å²) in [5, 5.41) is 3.50. The third-order valence-electron chi connectivity index (χ3n) is 2.96. The number of imidazole rings is 1. The van der Waals surface area contributed by atoms with E-state index in [1.54, 1.807) is 13.3 Å². The fraction of sp³-hybridized carbons (Fsp3) is 0.357. The number of methoxy groups -OCH3 is 1. The van der Waals surface area contributed by atoms with Gasteiger partial charge in [0.2, 0.25) is 0 Å². The predicted molar refractivity (Wildman–Crippen MR) is 94.2 cm³/mol. The highest BCUT2D eigenvalue weighted by Gasteiger charge is 2.09. The lowest BCUT2D eigenvalue weighted by atomic mass is 10.2. The molecule has 116 valence electrons. The van der Waals surface area contributed by atoms with Crippen LogP contribution in [0, 0.1) is 0 Å². The Morgan fingerprint density at radius 1 is 1.33 bits per heavy atom. The van der Waals surface area contributed by atoms with Crippen LogP contribution in [0.5, 0.6) is 5.75 Å². The first kappa shape index (κ1) is 18.5. The summed E-state index contributed by atoms with van der Waals surface area (Å²) in [4.78, 5) is 4.04. The van der Waals surface area contributed by atoms with E-state index in [0.29, 0.717) is 6.04 Å². The van der Waals surface area contributed by atoms with E-state index in [0.717, 1.165) is 27.8 Å². The summed E-state index contributed by atoms with van der Waals surface area (Å²) in [7, 11) is 1.66. The lowest BCUT2D eigenvalue weighted by Gasteiger charge is -2.15. The van der Waals surface area contributed by atoms with E-state index in [9.17, 15) is 0 Å². The Labute approximate surface area is 148 Å². The number of benzene rings is 1. The zero-order valence-electron chi connectivity index (χ0n) is 11.8. The van der Waals surface area contributed by atoms with Gasteiger partial charge in [0, 0.05) is 31.5 Å². The van der Waals surface area contributed by atoms with Crippen LogP contribution >= 0.6 is 44.3 Å². The smallest absolute Gasteiger partial charge is 0.147 e. The van der Waals surface area contributed by atoms with Crippen molar-refractivity contribution in [3.63, 3.8) is 0 Å². The van der Waals surface area contributed by atoms with Crippen molar-refractivity contribution in [3.05, 3.63) is 45.4 Å². The maximum Gasteiger partial charge on any atom is 0.147 e. The summed E-state index contributed by atoms with van der Waals surface area (Å²) in [5.41, 5.74) is 1.20. The van der Waals surface area contributed by atoms with Gasteiger partial charge in [0.05, 0.1) is 22.4 Å². The average Bonchev–Trinajstić information content (AvgIpc) is 2.89. The summed E-state index contributed by atoms with van der Waals surface area (Å²) >= 11 is 7.04. The maximum absolute atomic E-state index is 5.30. The standard InChI is InChI=1S/C14H17Br2N3O.ClH/c1-10(8-19-4-3-17-9-19)18-7-11-5-12(15)14(20-2)13(16)6-11;/h3-6,9-10,18H,7-8H2,1-2H3;1H. The third-order valence-corrected chi connectivity index (χ3v) is 4.14. The molecule has 1 unspecified atom stereocenters. The normalized spacial score (nSPS) is 11.8. The molecule has 0 aliphatic heterocycles. The molecule has 21 heavy (non-hydrogen) atoms. The average molecular weight is 440 g/mol. The molecule has 0 amide bonds. The van der Waals surface area contributed by atoms with Crippen molar-refractivity contribution in [2.24, 2.45) is 0 Å². The zero-order valence-corrected chi connectivity index (χ0v) is 15.8. The molecule has 2 aromatic rings. The van der Waals surface area contributed by atoms with Gasteiger partial charge in [0.15, 0.2) is 0 Å². The van der Waals surface area contributed by atoms with Crippen molar-refractivity contribution >= 4 is 44.3 Å². The molecule has 1 aromatic carbocycles. The van der Waals surface area contributed by atoms with Crippen LogP contribution in [0.4, 0.5) is 0 Å². The van der Waals surface area contributed by atoms with E-state index >= 15 is 0 Å². The van der Waals surface area contributed by atoms with Crippen molar-refractivity contribution in [3.8, 4) is 5.75 Å². The summed E-state index contributed by atoms with van der Waals surface area (Å²) < 4.78 is 9.27. The highest BCUT2D eigenvalue weighted by Crippen LogP contribution is 2.34. The molecule has 1 N–H and O–H groups in total. The number of hydrogen-bond donors (Lipinski definition) is 1. The van der Waals surface area contributed by atoms with E-state index < -0.39 is 0 Å². The van der Waals surface area contributed by atoms with E-state index in [2.05, 4.69) is 65.8 Å². The highest BCUT2D eigenvalue weighted by atomic mass is 79.9. The number of nitrogens with one attached hydrogen (secondary N) is 1. The molecule has 0 fully saturated rings. The van der Waals surface area contributed by atoms with Crippen LogP contribution in [0.25, 0.3) is 0 Å². The molecule has 0 bridgehead atoms. The molecular formula is C14H18Br2ClN3O. The van der Waals surface area contributed by atoms with Gasteiger partial charge in [-0.3, -0.25) is 0 Å². The van der Waals surface area contributed by atoms with Crippen LogP contribution in [0.3, 0.4) is 0 Å². The van der Waals surface area contributed by atoms with Gasteiger partial charge in [-0.2, -0.15) is 0 Å². The first-order valence-corrected chi connectivity index (χ1v) is 7.89. The molecule has 0 aliphatic carbocycles.